The summed E-state index contributed by atoms with van der Waals surface area (Å²) in [7, 11) is 0. The molecule has 7 heteroatoms. The van der Waals surface area contributed by atoms with Gasteiger partial charge in [0.15, 0.2) is 5.82 Å². The van der Waals surface area contributed by atoms with Crippen molar-refractivity contribution in [2.45, 2.75) is 20.3 Å². The Morgan fingerprint density at radius 2 is 2.28 bits per heavy atom. The maximum Gasteiger partial charge on any atom is 0.225 e. The number of hydrogen-bond donors (Lipinski definition) is 1. The van der Waals surface area contributed by atoms with Crippen molar-refractivity contribution in [3.63, 3.8) is 0 Å². The highest BCUT2D eigenvalue weighted by Crippen LogP contribution is 2.08. The predicted molar refractivity (Wildman–Crippen MR) is 64.4 cm³/mol. The first-order valence-electron chi connectivity index (χ1n) is 5.77. The number of ether oxygens (including phenoxy) is 1. The second-order valence-corrected chi connectivity index (χ2v) is 3.56. The van der Waals surface area contributed by atoms with Crippen LogP contribution in [-0.4, -0.2) is 33.3 Å². The van der Waals surface area contributed by atoms with Crippen molar-refractivity contribution in [2.75, 3.05) is 18.5 Å². The fraction of sp³-hybridized carbons (Fsp3) is 0.455. The van der Waals surface area contributed by atoms with E-state index in [9.17, 15) is 0 Å². The molecule has 0 amide bonds. The topological polar surface area (TPSA) is 86.0 Å². The van der Waals surface area contributed by atoms with Gasteiger partial charge >= 0.3 is 0 Å². The number of nitrogens with zero attached hydrogens (tertiary/aromatic N) is 4. The minimum Gasteiger partial charge on any atom is -0.478 e. The fourth-order valence-corrected chi connectivity index (χ4v) is 1.38. The average Bonchev–Trinajstić information content (AvgIpc) is 2.76. The van der Waals surface area contributed by atoms with Gasteiger partial charge in [0.2, 0.25) is 17.7 Å². The molecule has 0 bridgehead atoms. The van der Waals surface area contributed by atoms with Crippen LogP contribution in [0.2, 0.25) is 0 Å². The lowest BCUT2D eigenvalue weighted by Crippen LogP contribution is -2.09. The minimum absolute atomic E-state index is 0.529. The van der Waals surface area contributed by atoms with E-state index in [0.29, 0.717) is 43.1 Å². The zero-order chi connectivity index (χ0) is 12.8. The summed E-state index contributed by atoms with van der Waals surface area (Å²) in [6, 6.07) is 1.72. The molecule has 0 aromatic carbocycles. The van der Waals surface area contributed by atoms with Crippen LogP contribution >= 0.6 is 0 Å². The summed E-state index contributed by atoms with van der Waals surface area (Å²) in [6.07, 6.45) is 2.30. The molecule has 2 heterocycles. The zero-order valence-electron chi connectivity index (χ0n) is 10.4. The van der Waals surface area contributed by atoms with Gasteiger partial charge in [-0.1, -0.05) is 5.16 Å². The molecule has 0 unspecified atom stereocenters. The summed E-state index contributed by atoms with van der Waals surface area (Å²) in [5, 5.41) is 6.88. The molecule has 7 nitrogen and oxygen atoms in total. The molecule has 0 fully saturated rings. The lowest BCUT2D eigenvalue weighted by atomic mass is 10.4. The Morgan fingerprint density at radius 3 is 3.00 bits per heavy atom. The van der Waals surface area contributed by atoms with Crippen LogP contribution in [0.15, 0.2) is 16.8 Å². The quantitative estimate of drug-likeness (QED) is 0.823. The van der Waals surface area contributed by atoms with Gasteiger partial charge in [-0.2, -0.15) is 9.97 Å². The van der Waals surface area contributed by atoms with Crippen LogP contribution < -0.4 is 10.1 Å². The molecule has 2 aromatic heterocycles. The summed E-state index contributed by atoms with van der Waals surface area (Å²) in [4.78, 5) is 12.4. The number of rotatable bonds is 6. The summed E-state index contributed by atoms with van der Waals surface area (Å²) in [6.45, 7) is 4.89. The van der Waals surface area contributed by atoms with E-state index >= 15 is 0 Å². The lowest BCUT2D eigenvalue weighted by Gasteiger charge is -2.05. The summed E-state index contributed by atoms with van der Waals surface area (Å²) >= 11 is 0. The third-order valence-electron chi connectivity index (χ3n) is 2.12. The molecule has 0 radical (unpaired) electrons. The van der Waals surface area contributed by atoms with Crippen molar-refractivity contribution in [1.82, 2.24) is 20.1 Å². The Morgan fingerprint density at radius 1 is 1.39 bits per heavy atom. The largest absolute Gasteiger partial charge is 0.478 e. The van der Waals surface area contributed by atoms with Gasteiger partial charge in [-0.25, -0.2) is 4.98 Å². The van der Waals surface area contributed by atoms with E-state index in [0.717, 1.165) is 0 Å². The van der Waals surface area contributed by atoms with Crippen molar-refractivity contribution >= 4 is 5.95 Å². The Balaban J connectivity index is 1.84. The monoisotopic (exact) mass is 249 g/mol. The molecular formula is C11H15N5O2. The van der Waals surface area contributed by atoms with Crippen LogP contribution in [0.3, 0.4) is 0 Å². The highest BCUT2D eigenvalue weighted by atomic mass is 16.5. The van der Waals surface area contributed by atoms with Gasteiger partial charge in [-0.3, -0.25) is 0 Å². The van der Waals surface area contributed by atoms with Gasteiger partial charge in [-0.05, 0) is 6.92 Å². The van der Waals surface area contributed by atoms with Gasteiger partial charge in [0, 0.05) is 32.2 Å². The summed E-state index contributed by atoms with van der Waals surface area (Å²) < 4.78 is 10.2. The van der Waals surface area contributed by atoms with Crippen LogP contribution in [0.5, 0.6) is 5.88 Å². The Hall–Kier alpha value is -2.18. The van der Waals surface area contributed by atoms with Crippen LogP contribution in [-0.2, 0) is 6.42 Å². The minimum atomic E-state index is 0.529. The van der Waals surface area contributed by atoms with E-state index in [4.69, 9.17) is 9.26 Å². The molecular weight excluding hydrogens is 234 g/mol. The van der Waals surface area contributed by atoms with E-state index in [1.165, 1.54) is 0 Å². The molecule has 0 atom stereocenters. The van der Waals surface area contributed by atoms with E-state index in [1.54, 1.807) is 19.2 Å². The second-order valence-electron chi connectivity index (χ2n) is 3.56. The number of aromatic nitrogens is 4. The molecule has 18 heavy (non-hydrogen) atoms. The number of aryl methyl sites for hydroxylation is 1. The molecule has 96 valence electrons. The van der Waals surface area contributed by atoms with Crippen LogP contribution in [0.4, 0.5) is 5.95 Å². The van der Waals surface area contributed by atoms with Crippen LogP contribution in [0.25, 0.3) is 0 Å². The van der Waals surface area contributed by atoms with Crippen molar-refractivity contribution in [3.8, 4) is 5.88 Å². The van der Waals surface area contributed by atoms with E-state index in [-0.39, 0.29) is 0 Å². The standard InChI is InChI=1S/C11H15N5O2/c1-3-17-10-5-7-13-11(15-10)12-6-4-9-14-8(2)18-16-9/h5,7H,3-4,6H2,1-2H3,(H,12,13,15). The summed E-state index contributed by atoms with van der Waals surface area (Å²) in [5.41, 5.74) is 0. The first-order valence-corrected chi connectivity index (χ1v) is 5.77. The van der Waals surface area contributed by atoms with Crippen molar-refractivity contribution in [2.24, 2.45) is 0 Å². The van der Waals surface area contributed by atoms with E-state index in [1.807, 2.05) is 6.92 Å². The molecule has 0 aliphatic heterocycles. The molecule has 2 rings (SSSR count). The molecule has 0 aliphatic rings. The maximum absolute atomic E-state index is 5.28. The summed E-state index contributed by atoms with van der Waals surface area (Å²) in [5.74, 6) is 2.33. The van der Waals surface area contributed by atoms with E-state index < -0.39 is 0 Å². The van der Waals surface area contributed by atoms with Gasteiger partial charge in [0.1, 0.15) is 0 Å². The smallest absolute Gasteiger partial charge is 0.225 e. The first kappa shape index (κ1) is 12.3. The number of hydrogen-bond acceptors (Lipinski definition) is 7. The molecule has 0 aliphatic carbocycles. The molecule has 1 N–H and O–H groups in total. The highest BCUT2D eigenvalue weighted by Gasteiger charge is 2.03. The SMILES string of the molecule is CCOc1ccnc(NCCc2noc(C)n2)n1. The van der Waals surface area contributed by atoms with Gasteiger partial charge < -0.3 is 14.6 Å². The van der Waals surface area contributed by atoms with Crippen molar-refractivity contribution < 1.29 is 9.26 Å². The fourth-order valence-electron chi connectivity index (χ4n) is 1.38. The Bertz CT molecular complexity index is 500. The second kappa shape index (κ2) is 5.95. The van der Waals surface area contributed by atoms with E-state index in [2.05, 4.69) is 25.4 Å². The van der Waals surface area contributed by atoms with Gasteiger partial charge in [-0.15, -0.1) is 0 Å². The predicted octanol–water partition coefficient (Wildman–Crippen LogP) is 1.22. The first-order chi connectivity index (χ1) is 8.78. The lowest BCUT2D eigenvalue weighted by molar-refractivity contribution is 0.326. The highest BCUT2D eigenvalue weighted by molar-refractivity contribution is 5.27. The third kappa shape index (κ3) is 3.41. The normalized spacial score (nSPS) is 10.3. The average molecular weight is 249 g/mol. The van der Waals surface area contributed by atoms with Crippen LogP contribution in [0, 0.1) is 6.92 Å². The maximum atomic E-state index is 5.28. The van der Waals surface area contributed by atoms with Crippen molar-refractivity contribution in [3.05, 3.63) is 24.0 Å². The van der Waals surface area contributed by atoms with Crippen LogP contribution in [0.1, 0.15) is 18.6 Å². The third-order valence-corrected chi connectivity index (χ3v) is 2.12. The number of anilines is 1. The van der Waals surface area contributed by atoms with Gasteiger partial charge in [0.25, 0.3) is 0 Å². The molecule has 0 saturated carbocycles. The molecule has 0 spiro atoms. The van der Waals surface area contributed by atoms with Crippen molar-refractivity contribution in [1.29, 1.82) is 0 Å². The Labute approximate surface area is 105 Å². The van der Waals surface area contributed by atoms with Gasteiger partial charge in [0.05, 0.1) is 6.61 Å². The number of nitrogens with one attached hydrogen (secondary N) is 1. The Kier molecular flexibility index (Phi) is 4.06. The molecule has 2 aromatic rings. The zero-order valence-corrected chi connectivity index (χ0v) is 10.4. The molecule has 0 saturated heterocycles.